The number of fused-ring (bicyclic) bond motifs is 1. The van der Waals surface area contributed by atoms with Crippen molar-refractivity contribution in [2.24, 2.45) is 0 Å². The molecule has 2 aliphatic heterocycles. The van der Waals surface area contributed by atoms with Crippen molar-refractivity contribution < 1.29 is 19.4 Å². The van der Waals surface area contributed by atoms with Gasteiger partial charge in [-0.25, -0.2) is 9.78 Å². The molecule has 3 atom stereocenters. The van der Waals surface area contributed by atoms with Crippen LogP contribution in [-0.4, -0.2) is 43.2 Å². The van der Waals surface area contributed by atoms with Crippen LogP contribution in [0.5, 0.6) is 0 Å². The SMILES string of the molecule is CC=C1C(=O)N2C(OC(=O)O)C(Sc3ccccn3)S[C@@H]12. The molecule has 2 fully saturated rings. The molecule has 0 aromatic carbocycles. The predicted octanol–water partition coefficient (Wildman–Crippen LogP) is 2.38. The van der Waals surface area contributed by atoms with Crippen molar-refractivity contribution in [1.29, 1.82) is 0 Å². The highest BCUT2D eigenvalue weighted by atomic mass is 32.2. The van der Waals surface area contributed by atoms with Crippen molar-refractivity contribution in [1.82, 2.24) is 9.88 Å². The van der Waals surface area contributed by atoms with Gasteiger partial charge in [-0.15, -0.1) is 11.8 Å². The van der Waals surface area contributed by atoms with E-state index in [0.29, 0.717) is 5.57 Å². The lowest BCUT2D eigenvalue weighted by Gasteiger charge is -2.38. The fourth-order valence-corrected chi connectivity index (χ4v) is 5.22. The van der Waals surface area contributed by atoms with Crippen molar-refractivity contribution in [3.8, 4) is 0 Å². The molecule has 3 rings (SSSR count). The molecule has 110 valence electrons. The van der Waals surface area contributed by atoms with Crippen LogP contribution in [0.15, 0.2) is 41.1 Å². The van der Waals surface area contributed by atoms with E-state index in [-0.39, 0.29) is 15.9 Å². The molecule has 0 aliphatic carbocycles. The van der Waals surface area contributed by atoms with Crippen LogP contribution in [0.3, 0.4) is 0 Å². The molecule has 1 N–H and O–H groups in total. The van der Waals surface area contributed by atoms with Gasteiger partial charge in [-0.2, -0.15) is 0 Å². The molecule has 2 aliphatic rings. The van der Waals surface area contributed by atoms with Gasteiger partial charge in [0, 0.05) is 11.8 Å². The summed E-state index contributed by atoms with van der Waals surface area (Å²) in [5.41, 5.74) is 0.697. The maximum absolute atomic E-state index is 12.0. The minimum atomic E-state index is -1.38. The van der Waals surface area contributed by atoms with E-state index in [4.69, 9.17) is 9.84 Å². The van der Waals surface area contributed by atoms with Crippen LogP contribution < -0.4 is 0 Å². The third kappa shape index (κ3) is 2.49. The molecule has 3 heterocycles. The van der Waals surface area contributed by atoms with Crippen molar-refractivity contribution in [2.75, 3.05) is 0 Å². The molecule has 6 nitrogen and oxygen atoms in total. The van der Waals surface area contributed by atoms with Crippen LogP contribution in [0.4, 0.5) is 4.79 Å². The van der Waals surface area contributed by atoms with Crippen molar-refractivity contribution >= 4 is 35.6 Å². The van der Waals surface area contributed by atoms with Gasteiger partial charge in [0.1, 0.15) is 9.96 Å². The molecule has 0 spiro atoms. The summed E-state index contributed by atoms with van der Waals surface area (Å²) in [6.07, 6.45) is 1.27. The maximum atomic E-state index is 12.0. The zero-order valence-corrected chi connectivity index (χ0v) is 12.6. The van der Waals surface area contributed by atoms with Crippen LogP contribution in [0.25, 0.3) is 0 Å². The van der Waals surface area contributed by atoms with Gasteiger partial charge in [-0.3, -0.25) is 9.69 Å². The largest absolute Gasteiger partial charge is 0.507 e. The zero-order chi connectivity index (χ0) is 15.0. The molecule has 0 radical (unpaired) electrons. The summed E-state index contributed by atoms with van der Waals surface area (Å²) in [4.78, 5) is 28.6. The number of amides is 1. The Bertz CT molecular complexity index is 607. The Morgan fingerprint density at radius 1 is 1.57 bits per heavy atom. The summed E-state index contributed by atoms with van der Waals surface area (Å²) < 4.78 is 4.68. The molecule has 1 amide bonds. The topological polar surface area (TPSA) is 79.7 Å². The fraction of sp³-hybridized carbons (Fsp3) is 0.308. The van der Waals surface area contributed by atoms with E-state index < -0.39 is 12.4 Å². The third-order valence-electron chi connectivity index (χ3n) is 3.18. The van der Waals surface area contributed by atoms with E-state index in [2.05, 4.69) is 4.98 Å². The van der Waals surface area contributed by atoms with Gasteiger partial charge in [0.25, 0.3) is 5.91 Å². The summed E-state index contributed by atoms with van der Waals surface area (Å²) in [6, 6.07) is 5.52. The second-order valence-corrected chi connectivity index (χ2v) is 7.06. The van der Waals surface area contributed by atoms with E-state index in [1.54, 1.807) is 19.2 Å². The average molecular weight is 324 g/mol. The maximum Gasteiger partial charge on any atom is 0.507 e. The van der Waals surface area contributed by atoms with Crippen LogP contribution >= 0.6 is 23.5 Å². The minimum Gasteiger partial charge on any atom is -0.450 e. The molecular weight excluding hydrogens is 312 g/mol. The molecule has 2 unspecified atom stereocenters. The molecule has 1 aromatic heterocycles. The number of nitrogens with zero attached hydrogens (tertiary/aromatic N) is 2. The average Bonchev–Trinajstić information content (AvgIpc) is 2.74. The van der Waals surface area contributed by atoms with Gasteiger partial charge < -0.3 is 9.84 Å². The number of allylic oxidation sites excluding steroid dienone is 1. The van der Waals surface area contributed by atoms with Gasteiger partial charge >= 0.3 is 6.16 Å². The lowest BCUT2D eigenvalue weighted by molar-refractivity contribution is -0.144. The van der Waals surface area contributed by atoms with Crippen molar-refractivity contribution in [3.05, 3.63) is 36.0 Å². The first-order valence-electron chi connectivity index (χ1n) is 6.23. The van der Waals surface area contributed by atoms with E-state index in [0.717, 1.165) is 5.03 Å². The summed E-state index contributed by atoms with van der Waals surface area (Å²) in [7, 11) is 0. The van der Waals surface area contributed by atoms with Crippen LogP contribution in [0, 0.1) is 0 Å². The van der Waals surface area contributed by atoms with E-state index in [1.165, 1.54) is 28.4 Å². The number of pyridine rings is 1. The van der Waals surface area contributed by atoms with Gasteiger partial charge in [0.05, 0.1) is 5.03 Å². The third-order valence-corrected chi connectivity index (χ3v) is 5.99. The number of thioether (sulfide) groups is 2. The Morgan fingerprint density at radius 3 is 3.00 bits per heavy atom. The summed E-state index contributed by atoms with van der Waals surface area (Å²) in [6.45, 7) is 1.80. The van der Waals surface area contributed by atoms with Gasteiger partial charge in [0.2, 0.25) is 6.23 Å². The number of aromatic nitrogens is 1. The Balaban J connectivity index is 1.82. The number of carboxylic acid groups (broad SMARTS) is 1. The van der Waals surface area contributed by atoms with E-state index >= 15 is 0 Å². The second-order valence-electron chi connectivity index (χ2n) is 4.37. The Morgan fingerprint density at radius 2 is 2.38 bits per heavy atom. The monoisotopic (exact) mass is 324 g/mol. The normalized spacial score (nSPS) is 29.2. The Hall–Kier alpha value is -1.67. The number of hydrogen-bond acceptors (Lipinski definition) is 6. The molecule has 1 aromatic rings. The highest BCUT2D eigenvalue weighted by Crippen LogP contribution is 2.52. The first kappa shape index (κ1) is 14.3. The predicted molar refractivity (Wildman–Crippen MR) is 78.8 cm³/mol. The highest BCUT2D eigenvalue weighted by molar-refractivity contribution is 8.17. The minimum absolute atomic E-state index is 0.131. The van der Waals surface area contributed by atoms with Crippen LogP contribution in [-0.2, 0) is 9.53 Å². The lowest BCUT2D eigenvalue weighted by Crippen LogP contribution is -2.55. The van der Waals surface area contributed by atoms with Crippen molar-refractivity contribution in [2.45, 2.75) is 28.1 Å². The lowest BCUT2D eigenvalue weighted by atomic mass is 10.1. The first-order chi connectivity index (χ1) is 10.1. The number of hydrogen-bond donors (Lipinski definition) is 1. The van der Waals surface area contributed by atoms with Gasteiger partial charge in [-0.1, -0.05) is 23.9 Å². The molecule has 8 heteroatoms. The second kappa shape index (κ2) is 5.61. The van der Waals surface area contributed by atoms with Crippen LogP contribution in [0.2, 0.25) is 0 Å². The van der Waals surface area contributed by atoms with Gasteiger partial charge in [0.15, 0.2) is 0 Å². The van der Waals surface area contributed by atoms with Crippen molar-refractivity contribution in [3.63, 3.8) is 0 Å². The Kier molecular flexibility index (Phi) is 3.81. The first-order valence-corrected chi connectivity index (χ1v) is 8.05. The Labute approximate surface area is 129 Å². The fourth-order valence-electron chi connectivity index (χ4n) is 2.26. The highest BCUT2D eigenvalue weighted by Gasteiger charge is 2.57. The summed E-state index contributed by atoms with van der Waals surface area (Å²) >= 11 is 2.92. The number of rotatable bonds is 3. The van der Waals surface area contributed by atoms with E-state index in [9.17, 15) is 9.59 Å². The summed E-state index contributed by atoms with van der Waals surface area (Å²) in [5.74, 6) is -0.162. The number of ether oxygens (including phenoxy) is 1. The standard InChI is InChI=1S/C13H12N2O4S2/c1-2-7-9(16)15-10(19-13(17)18)12(21-11(7)15)20-8-5-3-4-6-14-8/h2-6,10-12H,1H3,(H,17,18)/t10?,11-,12?/m0/s1. The molecule has 21 heavy (non-hydrogen) atoms. The smallest absolute Gasteiger partial charge is 0.450 e. The quantitative estimate of drug-likeness (QED) is 0.519. The zero-order valence-electron chi connectivity index (χ0n) is 11.0. The molecule has 0 saturated carbocycles. The molecule has 0 bridgehead atoms. The molecular formula is C13H12N2O4S2. The summed E-state index contributed by atoms with van der Waals surface area (Å²) in [5, 5.41) is 9.52. The number of carbonyl (C=O) groups excluding carboxylic acids is 1. The van der Waals surface area contributed by atoms with Gasteiger partial charge in [-0.05, 0) is 19.1 Å². The van der Waals surface area contributed by atoms with E-state index in [1.807, 2.05) is 18.2 Å². The number of carbonyl (C=O) groups is 2. The number of β-lactam (4-membered cyclic amide) rings is 1. The van der Waals surface area contributed by atoms with Crippen LogP contribution in [0.1, 0.15) is 6.92 Å². The molecule has 2 saturated heterocycles.